The summed E-state index contributed by atoms with van der Waals surface area (Å²) in [5.74, 6) is 1.68. The Morgan fingerprint density at radius 2 is 1.50 bits per heavy atom. The van der Waals surface area contributed by atoms with Crippen molar-refractivity contribution in [2.45, 2.75) is 66.9 Å². The fourth-order valence-corrected chi connectivity index (χ4v) is 8.60. The lowest BCUT2D eigenvalue weighted by Crippen LogP contribution is -2.53. The van der Waals surface area contributed by atoms with Crippen molar-refractivity contribution in [3.05, 3.63) is 60.2 Å². The summed E-state index contributed by atoms with van der Waals surface area (Å²) in [6, 6.07) is 22.1. The van der Waals surface area contributed by atoms with Crippen molar-refractivity contribution in [1.29, 1.82) is 5.26 Å². The molecule has 0 bridgehead atoms. The molecule has 2 aliphatic heterocycles. The maximum atomic E-state index is 12.4. The number of nitrogens with zero attached hydrogens (tertiary/aromatic N) is 3. The molecule has 4 fully saturated rings. The molecule has 2 aromatic rings. The minimum atomic E-state index is -0.811. The van der Waals surface area contributed by atoms with Gasteiger partial charge in [0, 0.05) is 41.4 Å². The van der Waals surface area contributed by atoms with Gasteiger partial charge in [0.1, 0.15) is 0 Å². The molecule has 2 saturated heterocycles. The second kappa shape index (κ2) is 10.3. The summed E-state index contributed by atoms with van der Waals surface area (Å²) in [4.78, 5) is 6.10. The van der Waals surface area contributed by atoms with Crippen LogP contribution in [0.2, 0.25) is 0 Å². The van der Waals surface area contributed by atoms with Gasteiger partial charge in [-0.05, 0) is 93.3 Å². The molecule has 0 radical (unpaired) electrons. The number of likely N-dealkylation sites (tertiary alicyclic amines) is 1. The second-order valence-electron chi connectivity index (χ2n) is 11.7. The molecule has 5 heteroatoms. The van der Waals surface area contributed by atoms with Gasteiger partial charge in [0.05, 0.1) is 22.3 Å². The van der Waals surface area contributed by atoms with Crippen LogP contribution >= 0.6 is 0 Å². The Kier molecular flexibility index (Phi) is 6.92. The van der Waals surface area contributed by atoms with E-state index in [2.05, 4.69) is 70.5 Å². The third-order valence-corrected chi connectivity index (χ3v) is 11.2. The van der Waals surface area contributed by atoms with E-state index in [1.54, 1.807) is 0 Å². The van der Waals surface area contributed by atoms with Crippen molar-refractivity contribution in [3.8, 4) is 6.07 Å². The largest absolute Gasteiger partial charge is 0.371 e. The molecule has 0 N–H and O–H groups in total. The lowest BCUT2D eigenvalue weighted by molar-refractivity contribution is 0.103. The van der Waals surface area contributed by atoms with Crippen LogP contribution in [0, 0.1) is 29.1 Å². The first kappa shape index (κ1) is 24.2. The Labute approximate surface area is 219 Å². The summed E-state index contributed by atoms with van der Waals surface area (Å²) in [5, 5.41) is 11.0. The molecule has 0 aromatic heterocycles. The van der Waals surface area contributed by atoms with Gasteiger partial charge in [0.25, 0.3) is 0 Å². The quantitative estimate of drug-likeness (QED) is 0.462. The third kappa shape index (κ3) is 4.63. The fourth-order valence-electron chi connectivity index (χ4n) is 7.24. The predicted octanol–water partition coefficient (Wildman–Crippen LogP) is 5.76. The van der Waals surface area contributed by atoms with Crippen molar-refractivity contribution >= 4 is 16.5 Å². The van der Waals surface area contributed by atoms with E-state index in [1.165, 1.54) is 43.5 Å². The van der Waals surface area contributed by atoms with Gasteiger partial charge in [-0.2, -0.15) is 5.26 Å². The number of rotatable bonds is 8. The highest BCUT2D eigenvalue weighted by atomic mass is 32.2. The lowest BCUT2D eigenvalue weighted by atomic mass is 9.60. The van der Waals surface area contributed by atoms with E-state index < -0.39 is 10.8 Å². The molecule has 2 atom stereocenters. The summed E-state index contributed by atoms with van der Waals surface area (Å²) in [6.45, 7) is 5.62. The van der Waals surface area contributed by atoms with Crippen LogP contribution < -0.4 is 4.90 Å². The zero-order valence-corrected chi connectivity index (χ0v) is 22.2. The van der Waals surface area contributed by atoms with Crippen LogP contribution in [0.5, 0.6) is 0 Å². The fraction of sp³-hybridized carbons (Fsp3) is 0.581. The van der Waals surface area contributed by atoms with Crippen LogP contribution in [0.25, 0.3) is 0 Å². The standard InChI is InChI=1S/C31H39N3OS/c32-23-31(26-8-4-5-9-26,25-6-2-1-3-7-25)27-16-18-33(19-17-27)20-24-21-34(22-24)28-10-12-29(13-11-28)36(35)30-14-15-30/h1-3,6-7,10-13,24,26-27,30H,4-5,8-9,14-22H2. The Bertz CT molecular complexity index is 1090. The summed E-state index contributed by atoms with van der Waals surface area (Å²) in [6.07, 6.45) is 9.46. The molecule has 36 heavy (non-hydrogen) atoms. The molecule has 190 valence electrons. The van der Waals surface area contributed by atoms with Crippen LogP contribution in [0.3, 0.4) is 0 Å². The highest BCUT2D eigenvalue weighted by Crippen LogP contribution is 2.50. The normalized spacial score (nSPS) is 24.7. The lowest BCUT2D eigenvalue weighted by Gasteiger charge is -2.47. The molecule has 4 nitrogen and oxygen atoms in total. The van der Waals surface area contributed by atoms with Crippen LogP contribution in [0.1, 0.15) is 56.9 Å². The topological polar surface area (TPSA) is 47.3 Å². The van der Waals surface area contributed by atoms with E-state index in [1.807, 2.05) is 0 Å². The van der Waals surface area contributed by atoms with Crippen molar-refractivity contribution in [1.82, 2.24) is 4.90 Å². The molecular weight excluding hydrogens is 462 g/mol. The zero-order valence-electron chi connectivity index (χ0n) is 21.4. The molecular formula is C31H39N3OS. The highest BCUT2D eigenvalue weighted by molar-refractivity contribution is 7.86. The average Bonchev–Trinajstić information content (AvgIpc) is 3.62. The number of benzene rings is 2. The average molecular weight is 502 g/mol. The monoisotopic (exact) mass is 501 g/mol. The molecule has 2 aliphatic carbocycles. The molecule has 0 amide bonds. The number of nitriles is 1. The number of piperidine rings is 1. The minimum absolute atomic E-state index is 0.313. The summed E-state index contributed by atoms with van der Waals surface area (Å²) < 4.78 is 12.4. The van der Waals surface area contributed by atoms with Gasteiger partial charge in [0.2, 0.25) is 0 Å². The van der Waals surface area contributed by atoms with Gasteiger partial charge in [-0.15, -0.1) is 0 Å². The number of anilines is 1. The van der Waals surface area contributed by atoms with Gasteiger partial charge in [-0.25, -0.2) is 0 Å². The van der Waals surface area contributed by atoms with E-state index in [4.69, 9.17) is 0 Å². The molecule has 6 rings (SSSR count). The smallest absolute Gasteiger partial charge is 0.0879 e. The van der Waals surface area contributed by atoms with E-state index >= 15 is 0 Å². The van der Waals surface area contributed by atoms with Crippen LogP contribution in [0.4, 0.5) is 5.69 Å². The first-order valence-corrected chi connectivity index (χ1v) is 15.3. The first-order chi connectivity index (χ1) is 17.7. The SMILES string of the molecule is N#CC(c1ccccc1)(C1CCCC1)C1CCN(CC2CN(c3ccc(S(=O)C4CC4)cc3)C2)CC1. The Balaban J connectivity index is 1.03. The van der Waals surface area contributed by atoms with Crippen molar-refractivity contribution in [3.63, 3.8) is 0 Å². The molecule has 4 aliphatic rings. The number of hydrogen-bond donors (Lipinski definition) is 0. The Morgan fingerprint density at radius 1 is 0.861 bits per heavy atom. The van der Waals surface area contributed by atoms with Crippen LogP contribution in [-0.2, 0) is 16.2 Å². The van der Waals surface area contributed by atoms with E-state index in [9.17, 15) is 9.47 Å². The minimum Gasteiger partial charge on any atom is -0.371 e. The summed E-state index contributed by atoms with van der Waals surface area (Å²) in [5.41, 5.74) is 2.21. The van der Waals surface area contributed by atoms with Gasteiger partial charge in [-0.3, -0.25) is 4.21 Å². The van der Waals surface area contributed by atoms with Crippen molar-refractivity contribution in [2.24, 2.45) is 17.8 Å². The second-order valence-corrected chi connectivity index (χ2v) is 13.4. The Hall–Kier alpha value is -2.16. The molecule has 2 aromatic carbocycles. The van der Waals surface area contributed by atoms with Crippen LogP contribution in [-0.4, -0.2) is 47.1 Å². The maximum Gasteiger partial charge on any atom is 0.0879 e. The van der Waals surface area contributed by atoms with Gasteiger partial charge >= 0.3 is 0 Å². The van der Waals surface area contributed by atoms with Gasteiger partial charge < -0.3 is 9.80 Å². The molecule has 0 spiro atoms. The summed E-state index contributed by atoms with van der Waals surface area (Å²) >= 11 is 0. The first-order valence-electron chi connectivity index (χ1n) is 14.1. The zero-order chi connectivity index (χ0) is 24.5. The Morgan fingerprint density at radius 3 is 2.11 bits per heavy atom. The van der Waals surface area contributed by atoms with Gasteiger partial charge in [-0.1, -0.05) is 43.2 Å². The van der Waals surface area contributed by atoms with Gasteiger partial charge in [0.15, 0.2) is 0 Å². The molecule has 2 unspecified atom stereocenters. The molecule has 2 saturated carbocycles. The van der Waals surface area contributed by atoms with Crippen LogP contribution in [0.15, 0.2) is 59.5 Å². The van der Waals surface area contributed by atoms with E-state index in [0.717, 1.165) is 56.8 Å². The number of hydrogen-bond acceptors (Lipinski definition) is 4. The highest BCUT2D eigenvalue weighted by Gasteiger charge is 2.48. The van der Waals surface area contributed by atoms with E-state index in [-0.39, 0.29) is 5.41 Å². The summed E-state index contributed by atoms with van der Waals surface area (Å²) in [7, 11) is -0.811. The maximum absolute atomic E-state index is 12.4. The van der Waals surface area contributed by atoms with Crippen molar-refractivity contribution in [2.75, 3.05) is 37.6 Å². The predicted molar refractivity (Wildman–Crippen MR) is 146 cm³/mol. The molecule has 2 heterocycles. The van der Waals surface area contributed by atoms with Crippen molar-refractivity contribution < 1.29 is 4.21 Å². The third-order valence-electron chi connectivity index (χ3n) is 9.40. The van der Waals surface area contributed by atoms with E-state index in [0.29, 0.717) is 23.0 Å².